The van der Waals surface area contributed by atoms with Crippen LogP contribution in [0, 0.1) is 23.3 Å². The minimum Gasteiger partial charge on any atom is -0.330 e. The highest BCUT2D eigenvalue weighted by Gasteiger charge is 2.14. The Kier molecular flexibility index (Phi) is 3.63. The molecular weight excluding hydrogens is 382 g/mol. The van der Waals surface area contributed by atoms with Crippen molar-refractivity contribution in [2.24, 2.45) is 0 Å². The number of halogens is 4. The van der Waals surface area contributed by atoms with E-state index >= 15 is 0 Å². The molecule has 1 heterocycles. The second-order valence-corrected chi connectivity index (χ2v) is 6.25. The number of fused-ring (bicyclic) bond motifs is 1. The number of H-pyrrole nitrogens is 1. The molecule has 21 heavy (non-hydrogen) atoms. The van der Waals surface area contributed by atoms with Crippen LogP contribution in [0.5, 0.6) is 0 Å². The molecule has 0 saturated heterocycles. The second-order valence-electron chi connectivity index (χ2n) is 4.60. The summed E-state index contributed by atoms with van der Waals surface area (Å²) in [6.45, 7) is 1.77. The summed E-state index contributed by atoms with van der Waals surface area (Å²) in [5.74, 6) is -0.878. The zero-order chi connectivity index (χ0) is 15.3. The van der Waals surface area contributed by atoms with Crippen molar-refractivity contribution in [2.75, 3.05) is 0 Å². The van der Waals surface area contributed by atoms with Crippen molar-refractivity contribution in [2.45, 2.75) is 6.92 Å². The van der Waals surface area contributed by atoms with E-state index in [9.17, 15) is 8.78 Å². The summed E-state index contributed by atoms with van der Waals surface area (Å²) in [5, 5.41) is 0.00378. The average Bonchev–Trinajstić information content (AvgIpc) is 2.70. The predicted molar refractivity (Wildman–Crippen MR) is 85.8 cm³/mol. The lowest BCUT2D eigenvalue weighted by molar-refractivity contribution is 0.619. The standard InChI is InChI=1S/C14H8BrClF2N2S/c1-6-2-9(17)7(15)3-12(6)20-13-4-8(16)10(18)5-11(13)19-14(20)21/h2-5H,1H3,(H,19,21). The number of hydrogen-bond donors (Lipinski definition) is 1. The Morgan fingerprint density at radius 2 is 1.90 bits per heavy atom. The molecule has 0 fully saturated rings. The first-order valence-corrected chi connectivity index (χ1v) is 7.52. The van der Waals surface area contributed by atoms with Crippen LogP contribution in [0.1, 0.15) is 5.56 Å². The minimum atomic E-state index is -0.524. The number of rotatable bonds is 1. The van der Waals surface area contributed by atoms with Gasteiger partial charge in [-0.1, -0.05) is 11.6 Å². The summed E-state index contributed by atoms with van der Waals surface area (Å²) in [7, 11) is 0. The van der Waals surface area contributed by atoms with E-state index in [4.69, 9.17) is 23.8 Å². The molecule has 0 saturated carbocycles. The molecule has 0 atom stereocenters. The van der Waals surface area contributed by atoms with Crippen LogP contribution in [0.15, 0.2) is 28.7 Å². The quantitative estimate of drug-likeness (QED) is 0.530. The summed E-state index contributed by atoms with van der Waals surface area (Å²) in [6, 6.07) is 5.82. The highest BCUT2D eigenvalue weighted by atomic mass is 79.9. The molecule has 2 aromatic carbocycles. The lowest BCUT2D eigenvalue weighted by atomic mass is 10.2. The maximum atomic E-state index is 13.6. The maximum absolute atomic E-state index is 13.6. The van der Waals surface area contributed by atoms with Crippen molar-refractivity contribution in [1.29, 1.82) is 0 Å². The molecule has 3 aromatic rings. The van der Waals surface area contributed by atoms with Gasteiger partial charge >= 0.3 is 0 Å². The van der Waals surface area contributed by atoms with E-state index in [-0.39, 0.29) is 10.8 Å². The summed E-state index contributed by atoms with van der Waals surface area (Å²) in [5.41, 5.74) is 2.56. The Labute approximate surface area is 137 Å². The Morgan fingerprint density at radius 1 is 1.19 bits per heavy atom. The zero-order valence-corrected chi connectivity index (χ0v) is 13.8. The molecule has 1 N–H and O–H groups in total. The van der Waals surface area contributed by atoms with E-state index in [1.165, 1.54) is 18.2 Å². The van der Waals surface area contributed by atoms with E-state index in [1.807, 2.05) is 0 Å². The first-order chi connectivity index (χ1) is 9.88. The molecular formula is C14H8BrClF2N2S. The topological polar surface area (TPSA) is 20.7 Å². The van der Waals surface area contributed by atoms with Crippen LogP contribution in [0.3, 0.4) is 0 Å². The van der Waals surface area contributed by atoms with Gasteiger partial charge in [-0.25, -0.2) is 8.78 Å². The van der Waals surface area contributed by atoms with Crippen molar-refractivity contribution in [3.8, 4) is 5.69 Å². The second kappa shape index (κ2) is 5.19. The zero-order valence-electron chi connectivity index (χ0n) is 10.7. The number of aryl methyl sites for hydroxylation is 1. The number of nitrogens with one attached hydrogen (secondary N) is 1. The van der Waals surface area contributed by atoms with Gasteiger partial charge in [-0.3, -0.25) is 4.57 Å². The number of aromatic amines is 1. The third-order valence-corrected chi connectivity index (χ3v) is 4.39. The van der Waals surface area contributed by atoms with Crippen LogP contribution in [-0.2, 0) is 0 Å². The molecule has 0 aliphatic carbocycles. The van der Waals surface area contributed by atoms with Crippen LogP contribution in [0.25, 0.3) is 16.7 Å². The smallest absolute Gasteiger partial charge is 0.182 e. The first kappa shape index (κ1) is 14.7. The third kappa shape index (κ3) is 2.41. The fourth-order valence-electron chi connectivity index (χ4n) is 2.22. The van der Waals surface area contributed by atoms with Crippen molar-refractivity contribution in [3.63, 3.8) is 0 Å². The summed E-state index contributed by atoms with van der Waals surface area (Å²) in [6.07, 6.45) is 0. The van der Waals surface area contributed by atoms with Gasteiger partial charge in [0.25, 0.3) is 0 Å². The van der Waals surface area contributed by atoms with Crippen molar-refractivity contribution in [1.82, 2.24) is 9.55 Å². The molecule has 0 unspecified atom stereocenters. The molecule has 3 rings (SSSR count). The Hall–Kier alpha value is -1.24. The lowest BCUT2D eigenvalue weighted by Gasteiger charge is -2.10. The molecule has 0 aliphatic heterocycles. The largest absolute Gasteiger partial charge is 0.330 e. The summed E-state index contributed by atoms with van der Waals surface area (Å²) >= 11 is 14.3. The molecule has 7 heteroatoms. The monoisotopic (exact) mass is 388 g/mol. The van der Waals surface area contributed by atoms with Gasteiger partial charge in [0.1, 0.15) is 11.6 Å². The molecule has 2 nitrogen and oxygen atoms in total. The molecule has 0 amide bonds. The molecule has 1 aromatic heterocycles. The number of benzene rings is 2. The third-order valence-electron chi connectivity index (χ3n) is 3.20. The van der Waals surface area contributed by atoms with E-state index in [1.54, 1.807) is 17.6 Å². The molecule has 0 radical (unpaired) electrons. The molecule has 0 bridgehead atoms. The fourth-order valence-corrected chi connectivity index (χ4v) is 3.01. The van der Waals surface area contributed by atoms with Gasteiger partial charge < -0.3 is 4.98 Å². The van der Waals surface area contributed by atoms with Gasteiger partial charge in [-0.05, 0) is 58.8 Å². The predicted octanol–water partition coefficient (Wildman–Crippen LogP) is 5.69. The number of aromatic nitrogens is 2. The van der Waals surface area contributed by atoms with E-state index in [0.717, 1.165) is 0 Å². The summed E-state index contributed by atoms with van der Waals surface area (Å²) in [4.78, 5) is 2.92. The molecule has 0 aliphatic rings. The van der Waals surface area contributed by atoms with E-state index in [2.05, 4.69) is 20.9 Å². The summed E-state index contributed by atoms with van der Waals surface area (Å²) < 4.78 is 29.5. The average molecular weight is 390 g/mol. The molecule has 108 valence electrons. The van der Waals surface area contributed by atoms with Crippen LogP contribution in [0.2, 0.25) is 5.02 Å². The highest BCUT2D eigenvalue weighted by Crippen LogP contribution is 2.29. The minimum absolute atomic E-state index is 0.00378. The van der Waals surface area contributed by atoms with Gasteiger partial charge in [-0.2, -0.15) is 0 Å². The van der Waals surface area contributed by atoms with Crippen molar-refractivity contribution in [3.05, 3.63) is 55.7 Å². The first-order valence-electron chi connectivity index (χ1n) is 5.94. The molecule has 0 spiro atoms. The van der Waals surface area contributed by atoms with E-state index in [0.29, 0.717) is 31.5 Å². The number of imidazole rings is 1. The van der Waals surface area contributed by atoms with Crippen LogP contribution < -0.4 is 0 Å². The Bertz CT molecular complexity index is 933. The number of hydrogen-bond acceptors (Lipinski definition) is 1. The van der Waals surface area contributed by atoms with Crippen LogP contribution >= 0.6 is 39.7 Å². The van der Waals surface area contributed by atoms with Crippen LogP contribution in [-0.4, -0.2) is 9.55 Å². The Morgan fingerprint density at radius 3 is 2.62 bits per heavy atom. The highest BCUT2D eigenvalue weighted by molar-refractivity contribution is 9.10. The fraction of sp³-hybridized carbons (Fsp3) is 0.0714. The van der Waals surface area contributed by atoms with Gasteiger partial charge in [-0.15, -0.1) is 0 Å². The lowest BCUT2D eigenvalue weighted by Crippen LogP contribution is -1.98. The van der Waals surface area contributed by atoms with Gasteiger partial charge in [0.05, 0.1) is 26.2 Å². The normalized spacial score (nSPS) is 11.3. The van der Waals surface area contributed by atoms with Crippen molar-refractivity contribution >= 4 is 50.8 Å². The SMILES string of the molecule is Cc1cc(F)c(Br)cc1-n1c(=S)[nH]c2cc(F)c(Cl)cc21. The Balaban J connectivity index is 2.40. The maximum Gasteiger partial charge on any atom is 0.182 e. The van der Waals surface area contributed by atoms with Gasteiger partial charge in [0, 0.05) is 6.07 Å². The van der Waals surface area contributed by atoms with E-state index < -0.39 is 5.82 Å². The van der Waals surface area contributed by atoms with Crippen molar-refractivity contribution < 1.29 is 8.78 Å². The number of nitrogens with zero attached hydrogens (tertiary/aromatic N) is 1. The van der Waals surface area contributed by atoms with Crippen LogP contribution in [0.4, 0.5) is 8.78 Å². The van der Waals surface area contributed by atoms with Gasteiger partial charge in [0.2, 0.25) is 0 Å². The van der Waals surface area contributed by atoms with Gasteiger partial charge in [0.15, 0.2) is 4.77 Å².